The quantitative estimate of drug-likeness (QED) is 0.807. The van der Waals surface area contributed by atoms with Gasteiger partial charge >= 0.3 is 12.0 Å². The van der Waals surface area contributed by atoms with Gasteiger partial charge in [-0.3, -0.25) is 5.32 Å². The Morgan fingerprint density at radius 3 is 2.38 bits per heavy atom. The molecule has 6 nitrogen and oxygen atoms in total. The van der Waals surface area contributed by atoms with E-state index in [-0.39, 0.29) is 4.88 Å². The number of benzene rings is 1. The van der Waals surface area contributed by atoms with Crippen LogP contribution in [0.3, 0.4) is 0 Å². The van der Waals surface area contributed by atoms with E-state index in [1.165, 1.54) is 0 Å². The number of nitrogens with one attached hydrogen (secondary N) is 2. The second-order valence-electron chi connectivity index (χ2n) is 4.24. The number of rotatable bonds is 4. The van der Waals surface area contributed by atoms with Crippen LogP contribution in [0, 0.1) is 6.92 Å². The summed E-state index contributed by atoms with van der Waals surface area (Å²) in [5.41, 5.74) is 1.23. The van der Waals surface area contributed by atoms with Crippen molar-refractivity contribution in [3.8, 4) is 5.75 Å². The standard InChI is InChI=1S/C14H14N2O4S/c1-8-7-11(21-12(8)13(17)18)16-14(19)15-9-3-5-10(20-2)6-4-9/h3-7H,1-2H3,(H,17,18)(H2,15,16,19). The van der Waals surface area contributed by atoms with Gasteiger partial charge in [0.25, 0.3) is 0 Å². The number of thiophene rings is 1. The van der Waals surface area contributed by atoms with Crippen molar-refractivity contribution in [2.24, 2.45) is 0 Å². The Morgan fingerprint density at radius 2 is 1.86 bits per heavy atom. The Kier molecular flexibility index (Phi) is 4.44. The molecule has 0 spiro atoms. The molecule has 1 aromatic carbocycles. The molecule has 0 bridgehead atoms. The van der Waals surface area contributed by atoms with Crippen LogP contribution in [0.15, 0.2) is 30.3 Å². The molecule has 0 aliphatic heterocycles. The van der Waals surface area contributed by atoms with Crippen molar-refractivity contribution in [3.05, 3.63) is 40.8 Å². The van der Waals surface area contributed by atoms with Gasteiger partial charge in [-0.15, -0.1) is 11.3 Å². The van der Waals surface area contributed by atoms with Crippen molar-refractivity contribution in [2.75, 3.05) is 17.7 Å². The second kappa shape index (κ2) is 6.27. The van der Waals surface area contributed by atoms with Crippen molar-refractivity contribution < 1.29 is 19.4 Å². The van der Waals surface area contributed by atoms with E-state index in [2.05, 4.69) is 10.6 Å². The number of aryl methyl sites for hydroxylation is 1. The summed E-state index contributed by atoms with van der Waals surface area (Å²) >= 11 is 1.02. The molecule has 0 aliphatic rings. The SMILES string of the molecule is COc1ccc(NC(=O)Nc2cc(C)c(C(=O)O)s2)cc1. The highest BCUT2D eigenvalue weighted by Gasteiger charge is 2.13. The van der Waals surface area contributed by atoms with Crippen LogP contribution in [0.5, 0.6) is 5.75 Å². The Labute approximate surface area is 125 Å². The monoisotopic (exact) mass is 306 g/mol. The number of aromatic carboxylic acids is 1. The molecule has 0 saturated heterocycles. The third-order valence-corrected chi connectivity index (χ3v) is 3.84. The topological polar surface area (TPSA) is 87.7 Å². The molecular formula is C14H14N2O4S. The highest BCUT2D eigenvalue weighted by molar-refractivity contribution is 7.18. The first kappa shape index (κ1) is 14.9. The second-order valence-corrected chi connectivity index (χ2v) is 5.29. The Balaban J connectivity index is 2.01. The average molecular weight is 306 g/mol. The number of hydrogen-bond donors (Lipinski definition) is 3. The molecule has 0 atom stereocenters. The van der Waals surface area contributed by atoms with Crippen LogP contribution in [0.4, 0.5) is 15.5 Å². The molecule has 0 aliphatic carbocycles. The normalized spacial score (nSPS) is 10.0. The summed E-state index contributed by atoms with van der Waals surface area (Å²) in [4.78, 5) is 23.0. The Hall–Kier alpha value is -2.54. The fourth-order valence-corrected chi connectivity index (χ4v) is 2.61. The summed E-state index contributed by atoms with van der Waals surface area (Å²) in [7, 11) is 1.56. The van der Waals surface area contributed by atoms with Gasteiger partial charge in [-0.25, -0.2) is 9.59 Å². The lowest BCUT2D eigenvalue weighted by Crippen LogP contribution is -2.18. The minimum absolute atomic E-state index is 0.217. The van der Waals surface area contributed by atoms with E-state index >= 15 is 0 Å². The van der Waals surface area contributed by atoms with Gasteiger partial charge in [-0.1, -0.05) is 0 Å². The summed E-state index contributed by atoms with van der Waals surface area (Å²) in [6.07, 6.45) is 0. The van der Waals surface area contributed by atoms with E-state index in [1.54, 1.807) is 44.4 Å². The zero-order chi connectivity index (χ0) is 15.4. The van der Waals surface area contributed by atoms with E-state index in [1.807, 2.05) is 0 Å². The van der Waals surface area contributed by atoms with E-state index < -0.39 is 12.0 Å². The predicted molar refractivity (Wildman–Crippen MR) is 81.7 cm³/mol. The molecule has 0 fully saturated rings. The zero-order valence-electron chi connectivity index (χ0n) is 11.5. The van der Waals surface area contributed by atoms with Crippen LogP contribution in [0.1, 0.15) is 15.2 Å². The molecule has 2 rings (SSSR count). The first-order chi connectivity index (χ1) is 9.99. The largest absolute Gasteiger partial charge is 0.497 e. The molecule has 1 aromatic heterocycles. The summed E-state index contributed by atoms with van der Waals surface area (Å²) in [6, 6.07) is 8.07. The van der Waals surface area contributed by atoms with Crippen LogP contribution in [-0.4, -0.2) is 24.2 Å². The molecule has 1 heterocycles. The van der Waals surface area contributed by atoms with Crippen LogP contribution in [0.25, 0.3) is 0 Å². The smallest absolute Gasteiger partial charge is 0.346 e. The van der Waals surface area contributed by atoms with Crippen LogP contribution >= 0.6 is 11.3 Å². The van der Waals surface area contributed by atoms with Gasteiger partial charge in [0.2, 0.25) is 0 Å². The van der Waals surface area contributed by atoms with E-state index in [0.29, 0.717) is 22.0 Å². The number of carbonyl (C=O) groups is 2. The Morgan fingerprint density at radius 1 is 1.19 bits per heavy atom. The lowest BCUT2D eigenvalue weighted by Gasteiger charge is -2.06. The number of carbonyl (C=O) groups excluding carboxylic acids is 1. The van der Waals surface area contributed by atoms with Crippen LogP contribution in [-0.2, 0) is 0 Å². The van der Waals surface area contributed by atoms with Gasteiger partial charge in [-0.05, 0) is 42.8 Å². The van der Waals surface area contributed by atoms with Gasteiger partial charge in [0.1, 0.15) is 10.6 Å². The predicted octanol–water partition coefficient (Wildman–Crippen LogP) is 3.41. The molecule has 0 radical (unpaired) electrons. The number of methoxy groups -OCH3 is 1. The maximum absolute atomic E-state index is 11.8. The van der Waals surface area contributed by atoms with E-state index in [0.717, 1.165) is 11.3 Å². The van der Waals surface area contributed by atoms with Crippen molar-refractivity contribution in [1.82, 2.24) is 0 Å². The summed E-state index contributed by atoms with van der Waals surface area (Å²) in [5.74, 6) is -0.304. The van der Waals surface area contributed by atoms with Crippen LogP contribution < -0.4 is 15.4 Å². The number of ether oxygens (including phenoxy) is 1. The van der Waals surface area contributed by atoms with Gasteiger partial charge in [0.15, 0.2) is 0 Å². The molecule has 7 heteroatoms. The highest BCUT2D eigenvalue weighted by atomic mass is 32.1. The third-order valence-electron chi connectivity index (χ3n) is 2.70. The number of anilines is 2. The number of urea groups is 1. The lowest BCUT2D eigenvalue weighted by molar-refractivity contribution is 0.0701. The fourth-order valence-electron chi connectivity index (χ4n) is 1.70. The van der Waals surface area contributed by atoms with Gasteiger partial charge in [0.05, 0.1) is 12.1 Å². The fraction of sp³-hybridized carbons (Fsp3) is 0.143. The zero-order valence-corrected chi connectivity index (χ0v) is 12.3. The van der Waals surface area contributed by atoms with Gasteiger partial charge < -0.3 is 15.2 Å². The van der Waals surface area contributed by atoms with Crippen molar-refractivity contribution in [3.63, 3.8) is 0 Å². The summed E-state index contributed by atoms with van der Waals surface area (Å²) in [5, 5.41) is 14.7. The minimum Gasteiger partial charge on any atom is -0.497 e. The third kappa shape index (κ3) is 3.73. The number of carboxylic acids is 1. The maximum atomic E-state index is 11.8. The van der Waals surface area contributed by atoms with Crippen molar-refractivity contribution in [2.45, 2.75) is 6.92 Å². The molecule has 3 N–H and O–H groups in total. The van der Waals surface area contributed by atoms with Gasteiger partial charge in [0, 0.05) is 5.69 Å². The molecule has 0 saturated carbocycles. The molecule has 110 valence electrons. The van der Waals surface area contributed by atoms with E-state index in [9.17, 15) is 9.59 Å². The minimum atomic E-state index is -0.999. The molecule has 21 heavy (non-hydrogen) atoms. The highest BCUT2D eigenvalue weighted by Crippen LogP contribution is 2.26. The Bertz CT molecular complexity index is 664. The molecule has 2 amide bonds. The molecule has 0 unspecified atom stereocenters. The van der Waals surface area contributed by atoms with Crippen molar-refractivity contribution >= 4 is 34.0 Å². The van der Waals surface area contributed by atoms with Crippen molar-refractivity contribution in [1.29, 1.82) is 0 Å². The maximum Gasteiger partial charge on any atom is 0.346 e. The van der Waals surface area contributed by atoms with E-state index in [4.69, 9.17) is 9.84 Å². The van der Waals surface area contributed by atoms with Crippen LogP contribution in [0.2, 0.25) is 0 Å². The number of hydrogen-bond acceptors (Lipinski definition) is 4. The summed E-state index contributed by atoms with van der Waals surface area (Å²) in [6.45, 7) is 1.69. The number of carboxylic acid groups (broad SMARTS) is 1. The number of amides is 2. The molecular weight excluding hydrogens is 292 g/mol. The average Bonchev–Trinajstić information content (AvgIpc) is 2.80. The lowest BCUT2D eigenvalue weighted by atomic mass is 10.3. The first-order valence-electron chi connectivity index (χ1n) is 6.05. The molecule has 2 aromatic rings. The first-order valence-corrected chi connectivity index (χ1v) is 6.87. The van der Waals surface area contributed by atoms with Gasteiger partial charge in [-0.2, -0.15) is 0 Å². The summed E-state index contributed by atoms with van der Waals surface area (Å²) < 4.78 is 5.03.